The van der Waals surface area contributed by atoms with Gasteiger partial charge in [0.25, 0.3) is 0 Å². The Hall–Kier alpha value is -2.29. The molecule has 1 fully saturated rings. The second kappa shape index (κ2) is 4.43. The van der Waals surface area contributed by atoms with Crippen molar-refractivity contribution in [2.24, 2.45) is 0 Å². The van der Waals surface area contributed by atoms with Gasteiger partial charge in [-0.25, -0.2) is 4.79 Å². The predicted octanol–water partition coefficient (Wildman–Crippen LogP) is 3.24. The molecule has 0 aliphatic heterocycles. The molecule has 0 heterocycles. The lowest BCUT2D eigenvalue weighted by molar-refractivity contribution is 0.0698. The first-order valence-corrected chi connectivity index (χ1v) is 6.35. The fourth-order valence-electron chi connectivity index (χ4n) is 2.70. The number of nitrogens with two attached hydrogens (primary N) is 1. The molecule has 0 spiro atoms. The van der Waals surface area contributed by atoms with E-state index in [9.17, 15) is 4.79 Å². The summed E-state index contributed by atoms with van der Waals surface area (Å²) in [5.74, 6) is -0.148. The lowest BCUT2D eigenvalue weighted by Gasteiger charge is -2.08. The van der Waals surface area contributed by atoms with Crippen LogP contribution in [-0.4, -0.2) is 11.1 Å². The number of benzene rings is 2. The van der Waals surface area contributed by atoms with Gasteiger partial charge in [0.1, 0.15) is 0 Å². The van der Waals surface area contributed by atoms with Crippen molar-refractivity contribution >= 4 is 11.7 Å². The summed E-state index contributed by atoms with van der Waals surface area (Å²) >= 11 is 0. The molecule has 1 unspecified atom stereocenters. The molecule has 0 amide bonds. The highest BCUT2D eigenvalue weighted by atomic mass is 16.4. The summed E-state index contributed by atoms with van der Waals surface area (Å²) in [5, 5.41) is 9.10. The maximum atomic E-state index is 11.1. The number of aromatic carboxylic acids is 1. The average Bonchev–Trinajstić information content (AvgIpc) is 3.20. The van der Waals surface area contributed by atoms with Crippen molar-refractivity contribution in [1.29, 1.82) is 0 Å². The van der Waals surface area contributed by atoms with Crippen LogP contribution in [0.4, 0.5) is 5.69 Å². The molecule has 2 aromatic rings. The van der Waals surface area contributed by atoms with Crippen molar-refractivity contribution < 1.29 is 9.90 Å². The van der Waals surface area contributed by atoms with Crippen molar-refractivity contribution in [2.45, 2.75) is 18.3 Å². The third-order valence-electron chi connectivity index (χ3n) is 3.79. The Morgan fingerprint density at radius 3 is 2.47 bits per heavy atom. The molecule has 3 N–H and O–H groups in total. The molecule has 0 aromatic heterocycles. The molecule has 2 aromatic carbocycles. The molecule has 2 atom stereocenters. The third kappa shape index (κ3) is 2.08. The van der Waals surface area contributed by atoms with Crippen LogP contribution in [0.2, 0.25) is 0 Å². The second-order valence-corrected chi connectivity index (χ2v) is 4.97. The highest BCUT2D eigenvalue weighted by Crippen LogP contribution is 2.56. The minimum absolute atomic E-state index is 0.205. The van der Waals surface area contributed by atoms with Gasteiger partial charge in [0.2, 0.25) is 0 Å². The van der Waals surface area contributed by atoms with E-state index in [1.165, 1.54) is 5.56 Å². The minimum atomic E-state index is -0.962. The first kappa shape index (κ1) is 11.8. The first-order chi connectivity index (χ1) is 9.18. The van der Waals surface area contributed by atoms with Crippen LogP contribution in [-0.2, 0) is 0 Å². The Labute approximate surface area is 111 Å². The maximum Gasteiger partial charge on any atom is 0.337 e. The predicted molar refractivity (Wildman–Crippen MR) is 74.4 cm³/mol. The molecule has 19 heavy (non-hydrogen) atoms. The Balaban J connectivity index is 1.90. The number of carboxylic acids is 1. The minimum Gasteiger partial charge on any atom is -0.478 e. The summed E-state index contributed by atoms with van der Waals surface area (Å²) in [6.45, 7) is 0. The first-order valence-electron chi connectivity index (χ1n) is 6.35. The number of nitrogen functional groups attached to an aromatic ring is 1. The highest BCUT2D eigenvalue weighted by molar-refractivity contribution is 5.94. The van der Waals surface area contributed by atoms with Crippen LogP contribution in [0.1, 0.15) is 39.7 Å². The lowest BCUT2D eigenvalue weighted by Crippen LogP contribution is -2.05. The van der Waals surface area contributed by atoms with Crippen LogP contribution in [0.3, 0.4) is 0 Å². The van der Waals surface area contributed by atoms with E-state index in [2.05, 4.69) is 12.1 Å². The summed E-state index contributed by atoms with van der Waals surface area (Å²) in [4.78, 5) is 11.1. The fourth-order valence-corrected chi connectivity index (χ4v) is 2.70. The number of carbonyl (C=O) groups is 1. The lowest BCUT2D eigenvalue weighted by atomic mass is 10.0. The van der Waals surface area contributed by atoms with Gasteiger partial charge in [-0.05, 0) is 35.4 Å². The number of anilines is 1. The molecule has 0 bridgehead atoms. The van der Waals surface area contributed by atoms with Crippen molar-refractivity contribution in [1.82, 2.24) is 0 Å². The number of hydrogen-bond acceptors (Lipinski definition) is 2. The Morgan fingerprint density at radius 2 is 1.79 bits per heavy atom. The van der Waals surface area contributed by atoms with Crippen molar-refractivity contribution in [3.63, 3.8) is 0 Å². The highest BCUT2D eigenvalue weighted by Gasteiger charge is 2.40. The second-order valence-electron chi connectivity index (χ2n) is 4.97. The summed E-state index contributed by atoms with van der Waals surface area (Å²) in [5.41, 5.74) is 8.87. The maximum absolute atomic E-state index is 11.1. The SMILES string of the molecule is Nc1c(C(=O)O)cccc1C1C[C@H]1c1ccccc1. The topological polar surface area (TPSA) is 63.3 Å². The normalized spacial score (nSPS) is 21.1. The van der Waals surface area contributed by atoms with Gasteiger partial charge in [-0.3, -0.25) is 0 Å². The molecule has 1 aliphatic carbocycles. The Kier molecular flexibility index (Phi) is 2.75. The van der Waals surface area contributed by atoms with E-state index in [1.54, 1.807) is 12.1 Å². The van der Waals surface area contributed by atoms with Crippen LogP contribution in [0.25, 0.3) is 0 Å². The summed E-state index contributed by atoms with van der Waals surface area (Å²) in [7, 11) is 0. The third-order valence-corrected chi connectivity index (χ3v) is 3.79. The van der Waals surface area contributed by atoms with E-state index in [0.29, 0.717) is 17.5 Å². The molecule has 0 radical (unpaired) electrons. The average molecular weight is 253 g/mol. The van der Waals surface area contributed by atoms with E-state index >= 15 is 0 Å². The number of hydrogen-bond donors (Lipinski definition) is 2. The Morgan fingerprint density at radius 1 is 1.05 bits per heavy atom. The van der Waals surface area contributed by atoms with Gasteiger partial charge in [-0.2, -0.15) is 0 Å². The number of rotatable bonds is 3. The largest absolute Gasteiger partial charge is 0.478 e. The zero-order valence-corrected chi connectivity index (χ0v) is 10.4. The van der Waals surface area contributed by atoms with E-state index in [0.717, 1.165) is 12.0 Å². The standard InChI is InChI=1S/C16H15NO2/c17-15-11(7-4-8-12(15)16(18)19)14-9-13(14)10-5-2-1-3-6-10/h1-8,13-14H,9,17H2,(H,18,19)/t13-,14?/m0/s1. The van der Waals surface area contributed by atoms with Gasteiger partial charge >= 0.3 is 5.97 Å². The molecule has 3 heteroatoms. The van der Waals surface area contributed by atoms with Gasteiger partial charge in [0.05, 0.1) is 5.56 Å². The van der Waals surface area contributed by atoms with Crippen LogP contribution >= 0.6 is 0 Å². The van der Waals surface area contributed by atoms with Crippen LogP contribution < -0.4 is 5.73 Å². The zero-order chi connectivity index (χ0) is 13.4. The van der Waals surface area contributed by atoms with Gasteiger partial charge in [0, 0.05) is 5.69 Å². The van der Waals surface area contributed by atoms with Gasteiger partial charge in [-0.15, -0.1) is 0 Å². The quantitative estimate of drug-likeness (QED) is 0.825. The van der Waals surface area contributed by atoms with E-state index < -0.39 is 5.97 Å². The van der Waals surface area contributed by atoms with Gasteiger partial charge in [0.15, 0.2) is 0 Å². The molecule has 1 saturated carbocycles. The molecule has 3 nitrogen and oxygen atoms in total. The zero-order valence-electron chi connectivity index (χ0n) is 10.4. The monoisotopic (exact) mass is 253 g/mol. The molecule has 96 valence electrons. The van der Waals surface area contributed by atoms with E-state index in [1.807, 2.05) is 24.3 Å². The van der Waals surface area contributed by atoms with Crippen LogP contribution in [0.5, 0.6) is 0 Å². The van der Waals surface area contributed by atoms with Gasteiger partial charge < -0.3 is 10.8 Å². The number of para-hydroxylation sites is 1. The van der Waals surface area contributed by atoms with Crippen molar-refractivity contribution in [2.75, 3.05) is 5.73 Å². The van der Waals surface area contributed by atoms with Gasteiger partial charge in [-0.1, -0.05) is 42.5 Å². The fraction of sp³-hybridized carbons (Fsp3) is 0.188. The summed E-state index contributed by atoms with van der Waals surface area (Å²) in [6, 6.07) is 15.6. The summed E-state index contributed by atoms with van der Waals surface area (Å²) < 4.78 is 0. The molecule has 3 rings (SSSR count). The molecule has 0 saturated heterocycles. The van der Waals surface area contributed by atoms with Crippen LogP contribution in [0, 0.1) is 0 Å². The van der Waals surface area contributed by atoms with Crippen molar-refractivity contribution in [3.8, 4) is 0 Å². The van der Waals surface area contributed by atoms with E-state index in [4.69, 9.17) is 10.8 Å². The van der Waals surface area contributed by atoms with Crippen molar-refractivity contribution in [3.05, 3.63) is 65.2 Å². The number of carboxylic acid groups (broad SMARTS) is 1. The molecular weight excluding hydrogens is 238 g/mol. The Bertz CT molecular complexity index is 622. The van der Waals surface area contributed by atoms with Crippen LogP contribution in [0.15, 0.2) is 48.5 Å². The van der Waals surface area contributed by atoms with E-state index in [-0.39, 0.29) is 5.56 Å². The summed E-state index contributed by atoms with van der Waals surface area (Å²) in [6.07, 6.45) is 1.04. The molecule has 1 aliphatic rings. The smallest absolute Gasteiger partial charge is 0.337 e. The molecular formula is C16H15NO2.